The van der Waals surface area contributed by atoms with E-state index in [2.05, 4.69) is 204 Å². The summed E-state index contributed by atoms with van der Waals surface area (Å²) in [5, 5.41) is 2.59. The molecule has 1 unspecified atom stereocenters. The minimum absolute atomic E-state index is 0.498. The fraction of sp³-hybridized carbons (Fsp3) is 0.0204. The Kier molecular flexibility index (Phi) is 5.91. The van der Waals surface area contributed by atoms with E-state index in [0.29, 0.717) is 0 Å². The molecule has 0 saturated carbocycles. The van der Waals surface area contributed by atoms with Crippen molar-refractivity contribution in [3.63, 3.8) is 0 Å². The molecule has 1 aliphatic carbocycles. The third-order valence-corrected chi connectivity index (χ3v) is 11.2. The monoisotopic (exact) mass is 648 g/mol. The summed E-state index contributed by atoms with van der Waals surface area (Å²) < 4.78 is 2.51. The van der Waals surface area contributed by atoms with Gasteiger partial charge in [0.05, 0.1) is 22.1 Å². The number of anilines is 3. The van der Waals surface area contributed by atoms with Crippen molar-refractivity contribution < 1.29 is 0 Å². The molecule has 11 rings (SSSR count). The maximum Gasteiger partial charge on any atom is 0.0760 e. The zero-order chi connectivity index (χ0) is 33.5. The summed E-state index contributed by atoms with van der Waals surface area (Å²) in [6.07, 6.45) is 0. The molecule has 9 aromatic rings. The Morgan fingerprint density at radius 3 is 1.71 bits per heavy atom. The highest BCUT2D eigenvalue weighted by Gasteiger charge is 2.51. The van der Waals surface area contributed by atoms with Crippen LogP contribution >= 0.6 is 0 Å². The molecule has 2 heteroatoms. The Morgan fingerprint density at radius 1 is 0.373 bits per heavy atom. The first-order chi connectivity index (χ1) is 25.3. The van der Waals surface area contributed by atoms with Crippen molar-refractivity contribution in [2.75, 3.05) is 4.90 Å². The third kappa shape index (κ3) is 3.76. The van der Waals surface area contributed by atoms with Gasteiger partial charge in [0, 0.05) is 27.8 Å². The van der Waals surface area contributed by atoms with Crippen LogP contribution in [0.15, 0.2) is 194 Å². The SMILES string of the molecule is c1ccc(N(c2ccccc2)c2ccc(-c3cccc4c3C3(c5ccccc5-4)c4ccccc4-n4c5ccccc5c5cccc3c54)cc2)cc1. The summed E-state index contributed by atoms with van der Waals surface area (Å²) in [5.74, 6) is 0. The normalized spacial score (nSPS) is 15.1. The van der Waals surface area contributed by atoms with E-state index < -0.39 is 5.41 Å². The van der Waals surface area contributed by atoms with Gasteiger partial charge < -0.3 is 9.47 Å². The molecule has 0 radical (unpaired) electrons. The maximum atomic E-state index is 2.51. The van der Waals surface area contributed by atoms with Crippen LogP contribution < -0.4 is 4.90 Å². The van der Waals surface area contributed by atoms with E-state index in [1.807, 2.05) is 0 Å². The van der Waals surface area contributed by atoms with Gasteiger partial charge in [-0.15, -0.1) is 0 Å². The first kappa shape index (κ1) is 28.2. The zero-order valence-electron chi connectivity index (χ0n) is 27.9. The largest absolute Gasteiger partial charge is 0.311 e. The molecule has 0 saturated heterocycles. The van der Waals surface area contributed by atoms with Crippen LogP contribution in [0.1, 0.15) is 22.3 Å². The van der Waals surface area contributed by atoms with Gasteiger partial charge >= 0.3 is 0 Å². The number of rotatable bonds is 4. The molecule has 1 aliphatic heterocycles. The van der Waals surface area contributed by atoms with Crippen LogP contribution in [0.3, 0.4) is 0 Å². The fourth-order valence-electron chi connectivity index (χ4n) is 9.25. The molecule has 0 amide bonds. The van der Waals surface area contributed by atoms with E-state index in [1.54, 1.807) is 0 Å². The van der Waals surface area contributed by atoms with Crippen LogP contribution in [0.4, 0.5) is 17.1 Å². The number of para-hydroxylation sites is 5. The summed E-state index contributed by atoms with van der Waals surface area (Å²) in [5.41, 5.74) is 17.1. The lowest BCUT2D eigenvalue weighted by Crippen LogP contribution is -2.34. The van der Waals surface area contributed by atoms with Crippen molar-refractivity contribution in [1.82, 2.24) is 4.57 Å². The smallest absolute Gasteiger partial charge is 0.0760 e. The fourth-order valence-corrected chi connectivity index (χ4v) is 9.25. The van der Waals surface area contributed by atoms with E-state index in [-0.39, 0.29) is 0 Å². The standard InChI is InChI=1S/C49H32N2/c1-3-15-34(16-4-1)50(35-17-5-2-6-18-35)36-31-29-33(30-32-36)37-21-13-22-40-38-19-7-9-24-42(38)49(47(37)40)43-25-10-12-28-46(43)51-45-27-11-8-20-39(45)41-23-14-26-44(49)48(41)51/h1-32H. The Morgan fingerprint density at radius 2 is 0.922 bits per heavy atom. The lowest BCUT2D eigenvalue weighted by Gasteiger charge is -2.40. The Balaban J connectivity index is 1.19. The van der Waals surface area contributed by atoms with Crippen molar-refractivity contribution in [2.24, 2.45) is 0 Å². The quantitative estimate of drug-likeness (QED) is 0.184. The Hall–Kier alpha value is -6.64. The minimum atomic E-state index is -0.498. The number of benzene rings is 8. The van der Waals surface area contributed by atoms with Gasteiger partial charge in [-0.25, -0.2) is 0 Å². The molecule has 51 heavy (non-hydrogen) atoms. The zero-order valence-corrected chi connectivity index (χ0v) is 27.9. The van der Waals surface area contributed by atoms with Crippen molar-refractivity contribution in [2.45, 2.75) is 5.41 Å². The van der Waals surface area contributed by atoms with E-state index >= 15 is 0 Å². The van der Waals surface area contributed by atoms with Crippen LogP contribution in [0.5, 0.6) is 0 Å². The first-order valence-corrected chi connectivity index (χ1v) is 17.7. The molecule has 0 bridgehead atoms. The highest BCUT2D eigenvalue weighted by molar-refractivity contribution is 6.13. The molecule has 2 aliphatic rings. The molecule has 1 aromatic heterocycles. The molecule has 1 atom stereocenters. The van der Waals surface area contributed by atoms with Crippen molar-refractivity contribution in [3.05, 3.63) is 216 Å². The van der Waals surface area contributed by atoms with Gasteiger partial charge in [-0.05, 0) is 93.0 Å². The van der Waals surface area contributed by atoms with Gasteiger partial charge in [0.25, 0.3) is 0 Å². The lowest BCUT2D eigenvalue weighted by molar-refractivity contribution is 0.750. The molecule has 8 aromatic carbocycles. The van der Waals surface area contributed by atoms with E-state index in [1.165, 1.54) is 72.0 Å². The minimum Gasteiger partial charge on any atom is -0.311 e. The molecule has 1 spiro atoms. The topological polar surface area (TPSA) is 8.17 Å². The molecular weight excluding hydrogens is 617 g/mol. The first-order valence-electron chi connectivity index (χ1n) is 17.7. The van der Waals surface area contributed by atoms with Crippen molar-refractivity contribution >= 4 is 38.9 Å². The van der Waals surface area contributed by atoms with E-state index in [9.17, 15) is 0 Å². The summed E-state index contributed by atoms with van der Waals surface area (Å²) in [6.45, 7) is 0. The van der Waals surface area contributed by atoms with Crippen molar-refractivity contribution in [1.29, 1.82) is 0 Å². The van der Waals surface area contributed by atoms with Crippen LogP contribution in [0.25, 0.3) is 49.7 Å². The highest BCUT2D eigenvalue weighted by Crippen LogP contribution is 2.62. The molecule has 2 heterocycles. The second-order valence-corrected chi connectivity index (χ2v) is 13.6. The molecule has 2 nitrogen and oxygen atoms in total. The van der Waals surface area contributed by atoms with E-state index in [0.717, 1.165) is 17.1 Å². The van der Waals surface area contributed by atoms with Gasteiger partial charge in [0.1, 0.15) is 0 Å². The number of hydrogen-bond donors (Lipinski definition) is 0. The lowest BCUT2D eigenvalue weighted by atomic mass is 9.64. The van der Waals surface area contributed by atoms with Gasteiger partial charge in [-0.2, -0.15) is 0 Å². The van der Waals surface area contributed by atoms with Crippen LogP contribution in [-0.2, 0) is 5.41 Å². The average molecular weight is 649 g/mol. The molecule has 0 fully saturated rings. The van der Waals surface area contributed by atoms with Gasteiger partial charge in [-0.3, -0.25) is 0 Å². The van der Waals surface area contributed by atoms with Crippen LogP contribution in [-0.4, -0.2) is 4.57 Å². The second-order valence-electron chi connectivity index (χ2n) is 13.6. The number of nitrogens with zero attached hydrogens (tertiary/aromatic N) is 2. The van der Waals surface area contributed by atoms with Gasteiger partial charge in [-0.1, -0.05) is 146 Å². The summed E-state index contributed by atoms with van der Waals surface area (Å²) >= 11 is 0. The average Bonchev–Trinajstić information content (AvgIpc) is 3.70. The van der Waals surface area contributed by atoms with Crippen LogP contribution in [0, 0.1) is 0 Å². The molecule has 238 valence electrons. The maximum absolute atomic E-state index is 2.51. The van der Waals surface area contributed by atoms with Crippen LogP contribution in [0.2, 0.25) is 0 Å². The highest BCUT2D eigenvalue weighted by atomic mass is 15.1. The molecule has 0 N–H and O–H groups in total. The summed E-state index contributed by atoms with van der Waals surface area (Å²) in [6, 6.07) is 71.4. The Labute approximate surface area is 297 Å². The third-order valence-electron chi connectivity index (χ3n) is 11.2. The summed E-state index contributed by atoms with van der Waals surface area (Å²) in [7, 11) is 0. The molecular formula is C49H32N2. The van der Waals surface area contributed by atoms with Crippen molar-refractivity contribution in [3.8, 4) is 27.9 Å². The number of hydrogen-bond acceptors (Lipinski definition) is 1. The second kappa shape index (κ2) is 10.7. The van der Waals surface area contributed by atoms with Gasteiger partial charge in [0.2, 0.25) is 0 Å². The summed E-state index contributed by atoms with van der Waals surface area (Å²) in [4.78, 5) is 2.33. The Bertz CT molecular complexity index is 2750. The van der Waals surface area contributed by atoms with Gasteiger partial charge in [0.15, 0.2) is 0 Å². The predicted octanol–water partition coefficient (Wildman–Crippen LogP) is 12.6. The number of aromatic nitrogens is 1. The number of fused-ring (bicyclic) bond motifs is 12. The predicted molar refractivity (Wildman–Crippen MR) is 212 cm³/mol. The van der Waals surface area contributed by atoms with E-state index in [4.69, 9.17) is 0 Å².